The maximum absolute atomic E-state index is 8.42. The van der Waals surface area contributed by atoms with E-state index in [9.17, 15) is 0 Å². The second-order valence-corrected chi connectivity index (χ2v) is 3.26. The van der Waals surface area contributed by atoms with E-state index in [1.807, 2.05) is 6.92 Å². The average molecular weight is 84.4 g/mol. The lowest BCUT2D eigenvalue weighted by atomic mass is 10.9. The van der Waals surface area contributed by atoms with Gasteiger partial charge in [-0.2, -0.15) is 5.05 Å². The molecule has 0 saturated heterocycles. The van der Waals surface area contributed by atoms with Gasteiger partial charge in [-0.1, -0.05) is 11.2 Å². The summed E-state index contributed by atoms with van der Waals surface area (Å²) in [5, 5.41) is 10.5. The highest BCUT2D eigenvalue weighted by Crippen LogP contribution is 1.68. The van der Waals surface area contributed by atoms with Gasteiger partial charge in [0.05, 0.1) is 0 Å². The molecule has 0 aliphatic rings. The third-order valence-corrected chi connectivity index (χ3v) is 1.77. The van der Waals surface area contributed by atoms with Crippen LogP contribution in [0.1, 0.15) is 6.92 Å². The van der Waals surface area contributed by atoms with E-state index < -0.39 is 0 Å². The Hall–Kier alpha value is 0.726. The summed E-state index contributed by atoms with van der Waals surface area (Å²) >= 11 is -0.0957. The van der Waals surface area contributed by atoms with Crippen LogP contribution >= 0.6 is 0 Å². The summed E-state index contributed by atoms with van der Waals surface area (Å²) in [5.41, 5.74) is 0. The van der Waals surface area contributed by atoms with Crippen molar-refractivity contribution >= 4 is 20.4 Å². The van der Waals surface area contributed by atoms with Gasteiger partial charge in [0.25, 0.3) is 0 Å². The molecule has 0 amide bonds. The zero-order chi connectivity index (χ0) is 4.28. The van der Waals surface area contributed by atoms with E-state index in [0.717, 1.165) is 0 Å². The van der Waals surface area contributed by atoms with Crippen molar-refractivity contribution < 1.29 is 5.11 Å². The molecular formula is C3H8MgO. The summed E-state index contributed by atoms with van der Waals surface area (Å²) in [6.07, 6.45) is 0. The first-order valence-corrected chi connectivity index (χ1v) is 4.18. The van der Waals surface area contributed by atoms with Crippen LogP contribution in [0, 0.1) is 0 Å². The summed E-state index contributed by atoms with van der Waals surface area (Å²) in [6.45, 7) is 1.84. The minimum atomic E-state index is -0.0957. The summed E-state index contributed by atoms with van der Waals surface area (Å²) in [7, 11) is 0. The van der Waals surface area contributed by atoms with E-state index in [1.54, 1.807) is 0 Å². The second kappa shape index (κ2) is 2.94. The lowest BCUT2D eigenvalue weighted by molar-refractivity contribution is 0.273. The van der Waals surface area contributed by atoms with Crippen LogP contribution in [0.15, 0.2) is 0 Å². The Bertz CT molecular complexity index is 20.9. The Labute approximate surface area is 42.1 Å². The smallest absolute Gasteiger partial charge is 0.404 e. The monoisotopic (exact) mass is 84.0 g/mol. The van der Waals surface area contributed by atoms with Crippen LogP contribution in [-0.2, 0) is 0 Å². The number of aliphatic hydroxyl groups excluding tert-OH is 1. The molecule has 0 radical (unpaired) electrons. The third-order valence-electron chi connectivity index (χ3n) is 0.591. The van der Waals surface area contributed by atoms with Gasteiger partial charge < -0.3 is 5.11 Å². The van der Waals surface area contributed by atoms with Gasteiger partial charge in [-0.15, -0.1) is 0 Å². The van der Waals surface area contributed by atoms with Crippen molar-refractivity contribution in [1.82, 2.24) is 0 Å². The highest BCUT2D eigenvalue weighted by Gasteiger charge is 1.89. The summed E-state index contributed by atoms with van der Waals surface area (Å²) in [4.78, 5) is 0. The van der Waals surface area contributed by atoms with Crippen LogP contribution in [-0.4, -0.2) is 29.7 Å². The molecule has 5 heavy (non-hydrogen) atoms. The Kier molecular flexibility index (Phi) is 3.36. The van der Waals surface area contributed by atoms with Gasteiger partial charge in [-0.3, -0.25) is 0 Å². The summed E-state index contributed by atoms with van der Waals surface area (Å²) in [5.74, 6) is 0. The van der Waals surface area contributed by atoms with Gasteiger partial charge in [-0.25, -0.2) is 0 Å². The van der Waals surface area contributed by atoms with Gasteiger partial charge in [-0.05, 0) is 0 Å². The predicted octanol–water partition coefficient (Wildman–Crippen LogP) is 0.0770. The van der Waals surface area contributed by atoms with Crippen molar-refractivity contribution in [1.29, 1.82) is 0 Å². The van der Waals surface area contributed by atoms with Gasteiger partial charge in [0.1, 0.15) is 0 Å². The maximum atomic E-state index is 8.42. The summed E-state index contributed by atoms with van der Waals surface area (Å²) in [6, 6.07) is 0. The lowest BCUT2D eigenvalue weighted by Gasteiger charge is -1.88. The highest BCUT2D eigenvalue weighted by molar-refractivity contribution is 6.34. The van der Waals surface area contributed by atoms with Crippen molar-refractivity contribution in [2.75, 3.05) is 0 Å². The van der Waals surface area contributed by atoms with Crippen LogP contribution in [0.5, 0.6) is 0 Å². The first-order chi connectivity index (χ1) is 2.27. The molecule has 1 unspecified atom stereocenters. The van der Waals surface area contributed by atoms with E-state index in [0.29, 0.717) is 0 Å². The molecule has 0 aliphatic heterocycles. The molecule has 1 N–H and O–H groups in total. The fourth-order valence-corrected chi connectivity index (χ4v) is 0. The molecule has 1 atom stereocenters. The predicted molar refractivity (Wildman–Crippen MR) is 23.3 cm³/mol. The quantitative estimate of drug-likeness (QED) is 0.446. The van der Waals surface area contributed by atoms with Crippen LogP contribution < -0.4 is 0 Å². The SMILES string of the molecule is [CH3][Mg][CH](C)O. The van der Waals surface area contributed by atoms with E-state index in [4.69, 9.17) is 5.11 Å². The van der Waals surface area contributed by atoms with Crippen molar-refractivity contribution in [3.63, 3.8) is 0 Å². The molecule has 0 rings (SSSR count). The first-order valence-electron chi connectivity index (χ1n) is 1.95. The minimum Gasteiger partial charge on any atom is -0.422 e. The zero-order valence-electron chi connectivity index (χ0n) is 3.73. The molecule has 0 heterocycles. The molecule has 0 aliphatic carbocycles. The Balaban J connectivity index is 2.54. The maximum Gasteiger partial charge on any atom is 0.404 e. The van der Waals surface area contributed by atoms with Gasteiger partial charge >= 0.3 is 20.4 Å². The molecule has 28 valence electrons. The highest BCUT2D eigenvalue weighted by atomic mass is 24.5. The van der Waals surface area contributed by atoms with Crippen molar-refractivity contribution in [2.24, 2.45) is 0 Å². The number of rotatable bonds is 1. The molecule has 0 aromatic carbocycles. The third kappa shape index (κ3) is 4.73. The Morgan fingerprint density at radius 1 is 1.80 bits per heavy atom. The molecule has 0 saturated carbocycles. The molecular weight excluding hydrogens is 76.3 g/mol. The average Bonchev–Trinajstić information content (AvgIpc) is 1.38. The molecule has 0 aromatic rings. The van der Waals surface area contributed by atoms with E-state index in [2.05, 4.69) is 5.05 Å². The second-order valence-electron chi connectivity index (χ2n) is 1.26. The van der Waals surface area contributed by atoms with E-state index >= 15 is 0 Å². The van der Waals surface area contributed by atoms with Gasteiger partial charge in [0, 0.05) is 0 Å². The molecule has 0 aromatic heterocycles. The zero-order valence-corrected chi connectivity index (χ0v) is 5.15. The van der Waals surface area contributed by atoms with E-state index in [1.165, 1.54) is 0 Å². The lowest BCUT2D eigenvalue weighted by Crippen LogP contribution is -2.05. The van der Waals surface area contributed by atoms with Crippen LogP contribution in [0.2, 0.25) is 5.05 Å². The van der Waals surface area contributed by atoms with Crippen molar-refractivity contribution in [3.05, 3.63) is 0 Å². The molecule has 0 fully saturated rings. The van der Waals surface area contributed by atoms with Crippen LogP contribution in [0.25, 0.3) is 0 Å². The number of hydrogen-bond acceptors (Lipinski definition) is 1. The van der Waals surface area contributed by atoms with E-state index in [-0.39, 0.29) is 24.6 Å². The number of hydrogen-bond donors (Lipinski definition) is 1. The number of aliphatic hydroxyl groups is 1. The molecule has 0 spiro atoms. The Morgan fingerprint density at radius 3 is 2.00 bits per heavy atom. The van der Waals surface area contributed by atoms with Gasteiger partial charge in [0.15, 0.2) is 0 Å². The Morgan fingerprint density at radius 2 is 2.00 bits per heavy atom. The van der Waals surface area contributed by atoms with Crippen molar-refractivity contribution in [3.8, 4) is 0 Å². The normalized spacial score (nSPS) is 13.4. The van der Waals surface area contributed by atoms with Crippen molar-refractivity contribution in [2.45, 2.75) is 16.2 Å². The minimum absolute atomic E-state index is 0.0231. The van der Waals surface area contributed by atoms with Crippen LogP contribution in [0.3, 0.4) is 0 Å². The standard InChI is InChI=1S/C2H5O.CH3.Mg/c1-2-3;;/h2-3H,1H3;1H3;. The largest absolute Gasteiger partial charge is 0.422 e. The summed E-state index contributed by atoms with van der Waals surface area (Å²) < 4.78 is 0.0231. The fraction of sp³-hybridized carbons (Fsp3) is 1.00. The fourth-order valence-electron chi connectivity index (χ4n) is 0. The molecule has 0 bridgehead atoms. The first kappa shape index (κ1) is 5.73. The van der Waals surface area contributed by atoms with Crippen LogP contribution in [0.4, 0.5) is 0 Å². The molecule has 1 nitrogen and oxygen atoms in total. The molecule has 2 heteroatoms. The topological polar surface area (TPSA) is 20.2 Å². The van der Waals surface area contributed by atoms with Gasteiger partial charge in [0.2, 0.25) is 0 Å².